The number of nitrogens with one attached hydrogen (secondary N) is 1. The summed E-state index contributed by atoms with van der Waals surface area (Å²) in [4.78, 5) is 45.6. The first-order valence-corrected chi connectivity index (χ1v) is 11.4. The molecule has 0 radical (unpaired) electrons. The van der Waals surface area contributed by atoms with Gasteiger partial charge in [0.25, 0.3) is 5.56 Å². The Hall–Kier alpha value is -3.00. The molecule has 2 bridgehead atoms. The third-order valence-corrected chi connectivity index (χ3v) is 7.36. The van der Waals surface area contributed by atoms with Crippen molar-refractivity contribution in [2.75, 3.05) is 6.61 Å². The summed E-state index contributed by atoms with van der Waals surface area (Å²) in [5.74, 6) is -1.20. The van der Waals surface area contributed by atoms with E-state index in [4.69, 9.17) is 0 Å². The molecular weight excluding hydrogens is 408 g/mol. The quantitative estimate of drug-likeness (QED) is 0.739. The number of nitrogens with zero attached hydrogens (tertiary/aromatic N) is 3. The van der Waals surface area contributed by atoms with Crippen LogP contribution in [0.15, 0.2) is 41.5 Å². The van der Waals surface area contributed by atoms with Gasteiger partial charge in [-0.3, -0.25) is 19.4 Å². The van der Waals surface area contributed by atoms with E-state index in [1.165, 1.54) is 0 Å². The molecule has 2 aliphatic heterocycles. The Morgan fingerprint density at radius 1 is 1.25 bits per heavy atom. The van der Waals surface area contributed by atoms with Gasteiger partial charge in [-0.25, -0.2) is 0 Å². The van der Waals surface area contributed by atoms with Gasteiger partial charge in [0.1, 0.15) is 0 Å². The molecule has 0 aromatic carbocycles. The fourth-order valence-electron chi connectivity index (χ4n) is 5.52. The first kappa shape index (κ1) is 20.9. The maximum Gasteiger partial charge on any atom is 0.258 e. The molecule has 2 fully saturated rings. The number of hydrogen-bond donors (Lipinski definition) is 2. The van der Waals surface area contributed by atoms with Crippen molar-refractivity contribution in [1.29, 1.82) is 0 Å². The lowest BCUT2D eigenvalue weighted by Gasteiger charge is -2.38. The van der Waals surface area contributed by atoms with E-state index >= 15 is 0 Å². The van der Waals surface area contributed by atoms with Crippen LogP contribution in [0.1, 0.15) is 44.3 Å². The summed E-state index contributed by atoms with van der Waals surface area (Å²) in [5, 5.41) is 13.4. The van der Waals surface area contributed by atoms with Gasteiger partial charge in [0.15, 0.2) is 0 Å². The zero-order valence-corrected chi connectivity index (χ0v) is 18.1. The minimum absolute atomic E-state index is 0.0626. The van der Waals surface area contributed by atoms with Crippen molar-refractivity contribution in [1.82, 2.24) is 19.8 Å². The molecule has 8 nitrogen and oxygen atoms in total. The molecule has 1 saturated carbocycles. The molecule has 2 aromatic rings. The summed E-state index contributed by atoms with van der Waals surface area (Å²) in [5.41, 5.74) is 1.76. The highest BCUT2D eigenvalue weighted by molar-refractivity contribution is 5.84. The Kier molecular flexibility index (Phi) is 5.33. The van der Waals surface area contributed by atoms with E-state index < -0.39 is 23.9 Å². The lowest BCUT2D eigenvalue weighted by molar-refractivity contribution is -0.136. The number of carbonyl (C=O) groups is 2. The summed E-state index contributed by atoms with van der Waals surface area (Å²) in [6.07, 6.45) is 6.63. The highest BCUT2D eigenvalue weighted by Gasteiger charge is 2.57. The van der Waals surface area contributed by atoms with Crippen LogP contribution in [0.3, 0.4) is 0 Å². The third-order valence-electron chi connectivity index (χ3n) is 7.36. The normalized spacial score (nSPS) is 26.4. The maximum absolute atomic E-state index is 13.5. The average Bonchev–Trinajstić information content (AvgIpc) is 3.03. The van der Waals surface area contributed by atoms with Gasteiger partial charge in [-0.05, 0) is 37.5 Å². The zero-order chi connectivity index (χ0) is 22.4. The van der Waals surface area contributed by atoms with Gasteiger partial charge in [0.05, 0.1) is 18.0 Å². The first-order valence-electron chi connectivity index (χ1n) is 11.4. The molecule has 2 aromatic heterocycles. The smallest absolute Gasteiger partial charge is 0.258 e. The third kappa shape index (κ3) is 3.16. The molecule has 2 N–H and O–H groups in total. The maximum atomic E-state index is 13.5. The highest BCUT2D eigenvalue weighted by atomic mass is 16.3. The second-order valence-electron chi connectivity index (χ2n) is 9.00. The van der Waals surface area contributed by atoms with Crippen LogP contribution >= 0.6 is 0 Å². The lowest BCUT2D eigenvalue weighted by atomic mass is 9.85. The van der Waals surface area contributed by atoms with Gasteiger partial charge in [-0.1, -0.05) is 13.0 Å². The fraction of sp³-hybridized carbons (Fsp3) is 0.500. The molecule has 168 valence electrons. The highest BCUT2D eigenvalue weighted by Crippen LogP contribution is 2.48. The molecule has 4 atom stereocenters. The number of aromatic nitrogens is 2. The summed E-state index contributed by atoms with van der Waals surface area (Å²) in [6.45, 7) is 1.85. The molecule has 3 aliphatic rings. The molecular formula is C24H28N4O4. The Balaban J connectivity index is 1.61. The van der Waals surface area contributed by atoms with Crippen LogP contribution in [-0.4, -0.2) is 50.1 Å². The van der Waals surface area contributed by atoms with Crippen LogP contribution in [0.5, 0.6) is 0 Å². The van der Waals surface area contributed by atoms with Crippen LogP contribution < -0.4 is 10.9 Å². The monoisotopic (exact) mass is 436 g/mol. The minimum atomic E-state index is -0.585. The van der Waals surface area contributed by atoms with E-state index in [-0.39, 0.29) is 36.6 Å². The minimum Gasteiger partial charge on any atom is -0.396 e. The number of aliphatic hydroxyl groups excluding tert-OH is 1. The van der Waals surface area contributed by atoms with E-state index in [9.17, 15) is 19.5 Å². The van der Waals surface area contributed by atoms with Gasteiger partial charge in [0.2, 0.25) is 11.8 Å². The van der Waals surface area contributed by atoms with Crippen LogP contribution in [0.4, 0.5) is 0 Å². The predicted molar refractivity (Wildman–Crippen MR) is 117 cm³/mol. The van der Waals surface area contributed by atoms with Crippen molar-refractivity contribution in [3.8, 4) is 11.1 Å². The van der Waals surface area contributed by atoms with Crippen LogP contribution in [0.2, 0.25) is 0 Å². The number of aliphatic hydroxyl groups is 1. The van der Waals surface area contributed by atoms with E-state index in [1.54, 1.807) is 40.9 Å². The summed E-state index contributed by atoms with van der Waals surface area (Å²) < 4.78 is 1.69. The summed E-state index contributed by atoms with van der Waals surface area (Å²) in [6, 6.07) is 6.43. The standard InChI is InChI=1S/C24H28N4O4/c1-2-20(30)28-19-12-27-18(9-8-16(24(27)32)14-5-4-10-25-11-14)22(28)21(17(19)13-29)23(31)26-15-6-3-7-15/h4-5,8-11,15,17,19,21-22,29H,2-3,6-7,12-13H2,1H3,(H,26,31)/t17-,19-,21+,22+/m1/s1. The van der Waals surface area contributed by atoms with E-state index in [2.05, 4.69) is 10.3 Å². The molecule has 32 heavy (non-hydrogen) atoms. The molecule has 1 aliphatic carbocycles. The summed E-state index contributed by atoms with van der Waals surface area (Å²) >= 11 is 0. The van der Waals surface area contributed by atoms with Crippen molar-refractivity contribution in [2.45, 2.75) is 57.3 Å². The second-order valence-corrected chi connectivity index (χ2v) is 9.00. The number of pyridine rings is 2. The van der Waals surface area contributed by atoms with Gasteiger partial charge in [0, 0.05) is 60.7 Å². The number of rotatable bonds is 5. The number of amides is 2. The van der Waals surface area contributed by atoms with E-state index in [1.807, 2.05) is 12.1 Å². The molecule has 1 saturated heterocycles. The van der Waals surface area contributed by atoms with Crippen molar-refractivity contribution in [3.63, 3.8) is 0 Å². The Morgan fingerprint density at radius 3 is 2.69 bits per heavy atom. The fourth-order valence-corrected chi connectivity index (χ4v) is 5.52. The second kappa shape index (κ2) is 8.16. The summed E-state index contributed by atoms with van der Waals surface area (Å²) in [7, 11) is 0. The number of hydrogen-bond acceptors (Lipinski definition) is 5. The molecule has 0 spiro atoms. The SMILES string of the molecule is CCC(=O)N1[C@@H]2Cn3c(ccc(-c4cccnc4)c3=O)[C@H]1[C@@H](C(=O)NC1CCC1)[C@@H]2CO. The molecule has 8 heteroatoms. The van der Waals surface area contributed by atoms with Gasteiger partial charge in [-0.2, -0.15) is 0 Å². The molecule has 4 heterocycles. The molecule has 0 unspecified atom stereocenters. The van der Waals surface area contributed by atoms with Crippen molar-refractivity contribution in [2.24, 2.45) is 11.8 Å². The van der Waals surface area contributed by atoms with E-state index in [0.29, 0.717) is 17.7 Å². The van der Waals surface area contributed by atoms with Gasteiger partial charge >= 0.3 is 0 Å². The van der Waals surface area contributed by atoms with Crippen molar-refractivity contribution < 1.29 is 14.7 Å². The lowest BCUT2D eigenvalue weighted by Crippen LogP contribution is -2.49. The van der Waals surface area contributed by atoms with E-state index in [0.717, 1.165) is 24.8 Å². The molecule has 5 rings (SSSR count). The van der Waals surface area contributed by atoms with Crippen molar-refractivity contribution in [3.05, 3.63) is 52.7 Å². The molecule has 2 amide bonds. The largest absolute Gasteiger partial charge is 0.396 e. The van der Waals surface area contributed by atoms with Gasteiger partial charge < -0.3 is 19.9 Å². The Labute approximate surface area is 186 Å². The number of fused-ring (bicyclic) bond motifs is 4. The van der Waals surface area contributed by atoms with Crippen molar-refractivity contribution >= 4 is 11.8 Å². The van der Waals surface area contributed by atoms with Gasteiger partial charge in [-0.15, -0.1) is 0 Å². The zero-order valence-electron chi connectivity index (χ0n) is 18.1. The first-order chi connectivity index (χ1) is 15.5. The predicted octanol–water partition coefficient (Wildman–Crippen LogP) is 1.48. The Morgan fingerprint density at radius 2 is 2.06 bits per heavy atom. The van der Waals surface area contributed by atoms with Crippen LogP contribution in [0.25, 0.3) is 11.1 Å². The topological polar surface area (TPSA) is 105 Å². The average molecular weight is 437 g/mol. The Bertz CT molecular complexity index is 1090. The van der Waals surface area contributed by atoms with Crippen LogP contribution in [-0.2, 0) is 16.1 Å². The van der Waals surface area contributed by atoms with Crippen LogP contribution in [0, 0.1) is 11.8 Å². The number of carbonyl (C=O) groups excluding carboxylic acids is 2.